The van der Waals surface area contributed by atoms with Crippen LogP contribution in [0.25, 0.3) is 0 Å². The molecule has 1 aliphatic rings. The van der Waals surface area contributed by atoms with Crippen LogP contribution in [0, 0.1) is 0 Å². The molecule has 2 atom stereocenters. The third-order valence-electron chi connectivity index (χ3n) is 3.95. The molecule has 0 unspecified atom stereocenters. The molecule has 23 heavy (non-hydrogen) atoms. The average Bonchev–Trinajstić information content (AvgIpc) is 2.56. The first-order valence-corrected chi connectivity index (χ1v) is 7.79. The number of methoxy groups -OCH3 is 1. The fraction of sp³-hybridized carbons (Fsp3) is 0.529. The molecular weight excluding hydrogens is 296 g/mol. The number of carbonyl (C=O) groups is 2. The Morgan fingerprint density at radius 2 is 2.00 bits per heavy atom. The zero-order valence-corrected chi connectivity index (χ0v) is 13.9. The topological polar surface area (TPSA) is 67.9 Å². The van der Waals surface area contributed by atoms with Crippen molar-refractivity contribution >= 4 is 11.9 Å². The Balaban J connectivity index is 1.81. The van der Waals surface area contributed by atoms with Gasteiger partial charge in [-0.1, -0.05) is 12.1 Å². The molecule has 0 spiro atoms. The normalized spacial score (nSPS) is 21.7. The van der Waals surface area contributed by atoms with Gasteiger partial charge in [-0.15, -0.1) is 0 Å². The second-order valence-corrected chi connectivity index (χ2v) is 5.89. The molecule has 0 saturated carbocycles. The fourth-order valence-electron chi connectivity index (χ4n) is 2.51. The number of benzene rings is 1. The zero-order valence-electron chi connectivity index (χ0n) is 13.9. The van der Waals surface area contributed by atoms with Crippen molar-refractivity contribution in [3.8, 4) is 0 Å². The summed E-state index contributed by atoms with van der Waals surface area (Å²) in [7, 11) is 1.35. The van der Waals surface area contributed by atoms with Crippen molar-refractivity contribution in [2.45, 2.75) is 32.5 Å². The van der Waals surface area contributed by atoms with Crippen molar-refractivity contribution in [3.05, 3.63) is 35.4 Å². The van der Waals surface area contributed by atoms with Crippen molar-refractivity contribution in [1.29, 1.82) is 0 Å². The Labute approximate surface area is 136 Å². The number of nitrogens with zero attached hydrogens (tertiary/aromatic N) is 1. The number of esters is 1. The lowest BCUT2D eigenvalue weighted by atomic mass is 10.1. The molecule has 0 bridgehead atoms. The van der Waals surface area contributed by atoms with E-state index in [1.807, 2.05) is 19.1 Å². The van der Waals surface area contributed by atoms with Crippen molar-refractivity contribution in [2.24, 2.45) is 0 Å². The second-order valence-electron chi connectivity index (χ2n) is 5.89. The Morgan fingerprint density at radius 3 is 2.65 bits per heavy atom. The highest BCUT2D eigenvalue weighted by Crippen LogP contribution is 2.10. The molecule has 1 saturated heterocycles. The van der Waals surface area contributed by atoms with Gasteiger partial charge in [0.15, 0.2) is 0 Å². The van der Waals surface area contributed by atoms with E-state index < -0.39 is 0 Å². The highest BCUT2D eigenvalue weighted by atomic mass is 16.5. The third kappa shape index (κ3) is 5.04. The fourth-order valence-corrected chi connectivity index (χ4v) is 2.51. The highest BCUT2D eigenvalue weighted by molar-refractivity contribution is 5.89. The van der Waals surface area contributed by atoms with Gasteiger partial charge in [0.2, 0.25) is 5.91 Å². The Hall–Kier alpha value is -1.92. The summed E-state index contributed by atoms with van der Waals surface area (Å²) in [4.78, 5) is 25.6. The minimum Gasteiger partial charge on any atom is -0.465 e. The van der Waals surface area contributed by atoms with Gasteiger partial charge in [-0.3, -0.25) is 9.69 Å². The van der Waals surface area contributed by atoms with Gasteiger partial charge in [0.05, 0.1) is 31.9 Å². The first-order valence-electron chi connectivity index (χ1n) is 7.79. The van der Waals surface area contributed by atoms with Gasteiger partial charge < -0.3 is 14.8 Å². The number of carbonyl (C=O) groups excluding carboxylic acids is 2. The smallest absolute Gasteiger partial charge is 0.337 e. The van der Waals surface area contributed by atoms with Crippen molar-refractivity contribution in [3.63, 3.8) is 0 Å². The number of amides is 1. The summed E-state index contributed by atoms with van der Waals surface area (Å²) in [5.41, 5.74) is 1.44. The maximum Gasteiger partial charge on any atom is 0.337 e. The number of hydrogen-bond acceptors (Lipinski definition) is 5. The van der Waals surface area contributed by atoms with Crippen LogP contribution in [-0.2, 0) is 20.8 Å². The summed E-state index contributed by atoms with van der Waals surface area (Å²) in [5.74, 6) is -0.376. The molecule has 1 heterocycles. The van der Waals surface area contributed by atoms with E-state index in [2.05, 4.69) is 21.9 Å². The van der Waals surface area contributed by atoms with Crippen LogP contribution < -0.4 is 5.32 Å². The minimum atomic E-state index is -0.365. The SMILES string of the molecule is COC(=O)c1ccc(CNC(=O)CN2C[C@@H](C)OC[C@H]2C)cc1. The molecule has 1 amide bonds. The van der Waals surface area contributed by atoms with E-state index in [1.165, 1.54) is 7.11 Å². The van der Waals surface area contributed by atoms with Gasteiger partial charge >= 0.3 is 5.97 Å². The van der Waals surface area contributed by atoms with Crippen LogP contribution in [-0.4, -0.2) is 55.7 Å². The van der Waals surface area contributed by atoms with Crippen LogP contribution in [0.1, 0.15) is 29.8 Å². The van der Waals surface area contributed by atoms with Gasteiger partial charge in [-0.05, 0) is 31.5 Å². The van der Waals surface area contributed by atoms with E-state index in [4.69, 9.17) is 4.74 Å². The minimum absolute atomic E-state index is 0.0111. The maximum atomic E-state index is 12.1. The highest BCUT2D eigenvalue weighted by Gasteiger charge is 2.24. The number of nitrogens with one attached hydrogen (secondary N) is 1. The predicted octanol–water partition coefficient (Wildman–Crippen LogP) is 1.20. The largest absolute Gasteiger partial charge is 0.465 e. The summed E-state index contributed by atoms with van der Waals surface area (Å²) >= 11 is 0. The van der Waals surface area contributed by atoms with E-state index in [-0.39, 0.29) is 24.0 Å². The van der Waals surface area contributed by atoms with E-state index in [1.54, 1.807) is 12.1 Å². The van der Waals surface area contributed by atoms with Gasteiger partial charge in [0.1, 0.15) is 0 Å². The second kappa shape index (κ2) is 8.08. The summed E-state index contributed by atoms with van der Waals surface area (Å²) in [6.07, 6.45) is 0.157. The van der Waals surface area contributed by atoms with E-state index in [0.717, 1.165) is 12.1 Å². The zero-order chi connectivity index (χ0) is 16.8. The summed E-state index contributed by atoms with van der Waals surface area (Å²) in [5, 5.41) is 2.91. The lowest BCUT2D eigenvalue weighted by Crippen LogP contribution is -2.50. The molecular formula is C17H24N2O4. The average molecular weight is 320 g/mol. The number of ether oxygens (including phenoxy) is 2. The standard InChI is InChI=1S/C17H24N2O4/c1-12-11-23-13(2)9-19(12)10-16(20)18-8-14-4-6-15(7-5-14)17(21)22-3/h4-7,12-13H,8-11H2,1-3H3,(H,18,20)/t12-,13-/m1/s1. The molecule has 1 fully saturated rings. The monoisotopic (exact) mass is 320 g/mol. The molecule has 1 aromatic rings. The van der Waals surface area contributed by atoms with E-state index in [9.17, 15) is 9.59 Å². The Kier molecular flexibility index (Phi) is 6.12. The van der Waals surface area contributed by atoms with Crippen LogP contribution in [0.5, 0.6) is 0 Å². The van der Waals surface area contributed by atoms with E-state index in [0.29, 0.717) is 25.3 Å². The quantitative estimate of drug-likeness (QED) is 0.826. The number of rotatable bonds is 5. The summed E-state index contributed by atoms with van der Waals surface area (Å²) < 4.78 is 10.2. The lowest BCUT2D eigenvalue weighted by molar-refractivity contribution is -0.126. The van der Waals surface area contributed by atoms with Crippen LogP contribution in [0.15, 0.2) is 24.3 Å². The molecule has 0 radical (unpaired) electrons. The maximum absolute atomic E-state index is 12.1. The molecule has 2 rings (SSSR count). The van der Waals surface area contributed by atoms with Crippen LogP contribution in [0.2, 0.25) is 0 Å². The summed E-state index contributed by atoms with van der Waals surface area (Å²) in [6, 6.07) is 7.26. The lowest BCUT2D eigenvalue weighted by Gasteiger charge is -2.36. The first kappa shape index (κ1) is 17.4. The van der Waals surface area contributed by atoms with Crippen LogP contribution in [0.4, 0.5) is 0 Å². The summed E-state index contributed by atoms with van der Waals surface area (Å²) in [6.45, 7) is 6.31. The molecule has 0 aromatic heterocycles. The Bertz CT molecular complexity index is 544. The molecule has 6 nitrogen and oxygen atoms in total. The predicted molar refractivity (Wildman–Crippen MR) is 86.1 cm³/mol. The molecule has 0 aliphatic carbocycles. The van der Waals surface area contributed by atoms with Crippen molar-refractivity contribution in [1.82, 2.24) is 10.2 Å². The van der Waals surface area contributed by atoms with Gasteiger partial charge in [-0.25, -0.2) is 4.79 Å². The number of hydrogen-bond donors (Lipinski definition) is 1. The van der Waals surface area contributed by atoms with Crippen molar-refractivity contribution in [2.75, 3.05) is 26.8 Å². The molecule has 126 valence electrons. The molecule has 6 heteroatoms. The van der Waals surface area contributed by atoms with Gasteiger partial charge in [0, 0.05) is 19.1 Å². The molecule has 1 aromatic carbocycles. The third-order valence-corrected chi connectivity index (χ3v) is 3.95. The molecule has 1 aliphatic heterocycles. The molecule has 1 N–H and O–H groups in total. The van der Waals surface area contributed by atoms with Crippen molar-refractivity contribution < 1.29 is 19.1 Å². The van der Waals surface area contributed by atoms with Gasteiger partial charge in [0.25, 0.3) is 0 Å². The first-order chi connectivity index (χ1) is 11.0. The van der Waals surface area contributed by atoms with E-state index >= 15 is 0 Å². The van der Waals surface area contributed by atoms with Crippen LogP contribution in [0.3, 0.4) is 0 Å². The van der Waals surface area contributed by atoms with Crippen LogP contribution >= 0.6 is 0 Å². The Morgan fingerprint density at radius 1 is 1.30 bits per heavy atom. The number of morpholine rings is 1. The van der Waals surface area contributed by atoms with Gasteiger partial charge in [-0.2, -0.15) is 0 Å².